The van der Waals surface area contributed by atoms with Crippen molar-refractivity contribution in [2.75, 3.05) is 12.9 Å². The van der Waals surface area contributed by atoms with Gasteiger partial charge in [0.15, 0.2) is 5.82 Å². The molecule has 0 amide bonds. The van der Waals surface area contributed by atoms with Gasteiger partial charge in [-0.25, -0.2) is 9.67 Å². The standard InChI is InChI=1S/C13H15Cl2N3OS/c1-20-8-13-16-12(17-18(13)5-6-19)7-9-10(14)3-2-4-11(9)15/h2-4,19H,5-8H2,1H3. The second-order valence-electron chi connectivity index (χ2n) is 4.20. The topological polar surface area (TPSA) is 50.9 Å². The van der Waals surface area contributed by atoms with Crippen LogP contribution in [0.2, 0.25) is 10.0 Å². The van der Waals surface area contributed by atoms with Gasteiger partial charge in [-0.15, -0.1) is 0 Å². The fraction of sp³-hybridized carbons (Fsp3) is 0.385. The van der Waals surface area contributed by atoms with Crippen molar-refractivity contribution < 1.29 is 5.11 Å². The van der Waals surface area contributed by atoms with Crippen LogP contribution in [0.3, 0.4) is 0 Å². The normalized spacial score (nSPS) is 11.0. The monoisotopic (exact) mass is 331 g/mol. The Kier molecular flexibility index (Phi) is 5.72. The Morgan fingerprint density at radius 1 is 1.30 bits per heavy atom. The summed E-state index contributed by atoms with van der Waals surface area (Å²) >= 11 is 14.0. The van der Waals surface area contributed by atoms with E-state index in [0.717, 1.165) is 17.1 Å². The maximum Gasteiger partial charge on any atom is 0.155 e. The fourth-order valence-electron chi connectivity index (χ4n) is 1.87. The molecule has 0 spiro atoms. The molecular weight excluding hydrogens is 317 g/mol. The molecule has 1 N–H and O–H groups in total. The zero-order valence-corrected chi connectivity index (χ0v) is 13.3. The molecule has 20 heavy (non-hydrogen) atoms. The molecule has 108 valence electrons. The average molecular weight is 332 g/mol. The number of rotatable bonds is 6. The Hall–Kier alpha value is -0.750. The van der Waals surface area contributed by atoms with Crippen molar-refractivity contribution in [1.82, 2.24) is 14.8 Å². The largest absolute Gasteiger partial charge is 0.394 e. The van der Waals surface area contributed by atoms with Crippen LogP contribution in [-0.2, 0) is 18.7 Å². The first kappa shape index (κ1) is 15.6. The number of nitrogens with zero attached hydrogens (tertiary/aromatic N) is 3. The lowest BCUT2D eigenvalue weighted by molar-refractivity contribution is 0.267. The zero-order chi connectivity index (χ0) is 14.5. The van der Waals surface area contributed by atoms with E-state index in [4.69, 9.17) is 28.3 Å². The first-order valence-electron chi connectivity index (χ1n) is 6.11. The van der Waals surface area contributed by atoms with Crippen LogP contribution >= 0.6 is 35.0 Å². The van der Waals surface area contributed by atoms with Crippen molar-refractivity contribution in [2.45, 2.75) is 18.7 Å². The summed E-state index contributed by atoms with van der Waals surface area (Å²) in [4.78, 5) is 4.50. The van der Waals surface area contributed by atoms with Gasteiger partial charge in [0.1, 0.15) is 5.82 Å². The number of aliphatic hydroxyl groups is 1. The summed E-state index contributed by atoms with van der Waals surface area (Å²) in [6.45, 7) is 0.482. The number of halogens is 2. The Morgan fingerprint density at radius 2 is 2.00 bits per heavy atom. The van der Waals surface area contributed by atoms with E-state index in [0.29, 0.717) is 28.8 Å². The van der Waals surface area contributed by atoms with Crippen molar-refractivity contribution in [3.8, 4) is 0 Å². The Balaban J connectivity index is 2.27. The Morgan fingerprint density at radius 3 is 2.60 bits per heavy atom. The van der Waals surface area contributed by atoms with Crippen LogP contribution in [0.1, 0.15) is 17.2 Å². The quantitative estimate of drug-likeness (QED) is 0.883. The van der Waals surface area contributed by atoms with Gasteiger partial charge in [-0.3, -0.25) is 0 Å². The van der Waals surface area contributed by atoms with Gasteiger partial charge in [0, 0.05) is 16.5 Å². The third kappa shape index (κ3) is 3.67. The lowest BCUT2D eigenvalue weighted by Gasteiger charge is -2.03. The lowest BCUT2D eigenvalue weighted by Crippen LogP contribution is -2.08. The molecule has 1 aromatic heterocycles. The van der Waals surface area contributed by atoms with E-state index >= 15 is 0 Å². The molecule has 2 rings (SSSR count). The number of benzene rings is 1. The van der Waals surface area contributed by atoms with Gasteiger partial charge < -0.3 is 5.11 Å². The molecule has 0 unspecified atom stereocenters. The summed E-state index contributed by atoms with van der Waals surface area (Å²) in [5.74, 6) is 2.27. The summed E-state index contributed by atoms with van der Waals surface area (Å²) in [5.41, 5.74) is 0.827. The first-order valence-corrected chi connectivity index (χ1v) is 8.26. The van der Waals surface area contributed by atoms with Crippen molar-refractivity contribution in [3.63, 3.8) is 0 Å². The van der Waals surface area contributed by atoms with Crippen molar-refractivity contribution in [3.05, 3.63) is 45.5 Å². The number of aliphatic hydroxyl groups excluding tert-OH is 1. The number of hydrogen-bond acceptors (Lipinski definition) is 4. The summed E-state index contributed by atoms with van der Waals surface area (Å²) in [5, 5.41) is 14.7. The molecule has 0 radical (unpaired) electrons. The van der Waals surface area contributed by atoms with Crippen LogP contribution in [-0.4, -0.2) is 32.7 Å². The van der Waals surface area contributed by atoms with Gasteiger partial charge in [0.05, 0.1) is 18.9 Å². The molecule has 0 aliphatic rings. The molecule has 7 heteroatoms. The van der Waals surface area contributed by atoms with E-state index in [2.05, 4.69) is 10.1 Å². The number of aromatic nitrogens is 3. The van der Waals surface area contributed by atoms with Gasteiger partial charge >= 0.3 is 0 Å². The van der Waals surface area contributed by atoms with Gasteiger partial charge in [-0.05, 0) is 24.0 Å². The van der Waals surface area contributed by atoms with Crippen LogP contribution in [0.25, 0.3) is 0 Å². The third-order valence-electron chi connectivity index (χ3n) is 2.77. The van der Waals surface area contributed by atoms with Gasteiger partial charge in [-0.2, -0.15) is 16.9 Å². The molecular formula is C13H15Cl2N3OS. The molecule has 1 heterocycles. The van der Waals surface area contributed by atoms with Crippen molar-refractivity contribution in [2.24, 2.45) is 0 Å². The van der Waals surface area contributed by atoms with Crippen LogP contribution < -0.4 is 0 Å². The highest BCUT2D eigenvalue weighted by Crippen LogP contribution is 2.26. The Bertz CT molecular complexity index is 545. The SMILES string of the molecule is CSCc1nc(Cc2c(Cl)cccc2Cl)nn1CCO. The molecule has 0 aliphatic heterocycles. The summed E-state index contributed by atoms with van der Waals surface area (Å²) < 4.78 is 1.73. The van der Waals surface area contributed by atoms with Crippen LogP contribution in [0.4, 0.5) is 0 Å². The molecule has 0 saturated heterocycles. The van der Waals surface area contributed by atoms with E-state index in [1.54, 1.807) is 28.6 Å². The minimum Gasteiger partial charge on any atom is -0.394 e. The predicted octanol–water partition coefficient (Wildman–Crippen LogP) is 3.03. The maximum atomic E-state index is 9.06. The second kappa shape index (κ2) is 7.31. The highest BCUT2D eigenvalue weighted by Gasteiger charge is 2.13. The molecule has 0 atom stereocenters. The minimum atomic E-state index is 0.0387. The third-order valence-corrected chi connectivity index (χ3v) is 4.03. The zero-order valence-electron chi connectivity index (χ0n) is 11.0. The molecule has 0 saturated carbocycles. The van der Waals surface area contributed by atoms with E-state index < -0.39 is 0 Å². The molecule has 1 aromatic carbocycles. The minimum absolute atomic E-state index is 0.0387. The maximum absolute atomic E-state index is 9.06. The lowest BCUT2D eigenvalue weighted by atomic mass is 10.1. The van der Waals surface area contributed by atoms with Gasteiger partial charge in [0.25, 0.3) is 0 Å². The number of hydrogen-bond donors (Lipinski definition) is 1. The van der Waals surface area contributed by atoms with Crippen molar-refractivity contribution in [1.29, 1.82) is 0 Å². The van der Waals surface area contributed by atoms with Crippen LogP contribution in [0.5, 0.6) is 0 Å². The average Bonchev–Trinajstić information content (AvgIpc) is 2.77. The smallest absolute Gasteiger partial charge is 0.155 e. The van der Waals surface area contributed by atoms with E-state index in [9.17, 15) is 0 Å². The summed E-state index contributed by atoms with van der Waals surface area (Å²) in [6.07, 6.45) is 2.49. The first-order chi connectivity index (χ1) is 9.65. The van der Waals surface area contributed by atoms with E-state index in [1.165, 1.54) is 0 Å². The van der Waals surface area contributed by atoms with Gasteiger partial charge in [0.2, 0.25) is 0 Å². The van der Waals surface area contributed by atoms with Crippen LogP contribution in [0, 0.1) is 0 Å². The molecule has 4 nitrogen and oxygen atoms in total. The summed E-state index contributed by atoms with van der Waals surface area (Å²) in [7, 11) is 0. The second-order valence-corrected chi connectivity index (χ2v) is 5.88. The van der Waals surface area contributed by atoms with Gasteiger partial charge in [-0.1, -0.05) is 29.3 Å². The Labute approximate surface area is 132 Å². The molecule has 0 bridgehead atoms. The molecule has 0 aliphatic carbocycles. The predicted molar refractivity (Wildman–Crippen MR) is 83.6 cm³/mol. The summed E-state index contributed by atoms with van der Waals surface area (Å²) in [6, 6.07) is 5.41. The highest BCUT2D eigenvalue weighted by molar-refractivity contribution is 7.97. The molecule has 0 fully saturated rings. The van der Waals surface area contributed by atoms with Crippen LogP contribution in [0.15, 0.2) is 18.2 Å². The highest BCUT2D eigenvalue weighted by atomic mass is 35.5. The number of thioether (sulfide) groups is 1. The van der Waals surface area contributed by atoms with E-state index in [-0.39, 0.29) is 6.61 Å². The van der Waals surface area contributed by atoms with E-state index in [1.807, 2.05) is 12.3 Å². The molecule has 2 aromatic rings. The van der Waals surface area contributed by atoms with Crippen molar-refractivity contribution >= 4 is 35.0 Å². The fourth-order valence-corrected chi connectivity index (χ4v) is 2.87.